The molecule has 0 spiro atoms. The van der Waals surface area contributed by atoms with Crippen molar-refractivity contribution in [2.45, 2.75) is 31.7 Å². The topological polar surface area (TPSA) is 63.5 Å². The Bertz CT molecular complexity index is 522. The van der Waals surface area contributed by atoms with E-state index < -0.39 is 4.92 Å². The Labute approximate surface area is 118 Å². The van der Waals surface area contributed by atoms with E-state index in [-0.39, 0.29) is 23.2 Å². The zero-order valence-corrected chi connectivity index (χ0v) is 11.3. The van der Waals surface area contributed by atoms with Crippen LogP contribution in [-0.4, -0.2) is 28.3 Å². The average molecular weight is 274 g/mol. The van der Waals surface area contributed by atoms with Crippen LogP contribution >= 0.6 is 0 Å². The summed E-state index contributed by atoms with van der Waals surface area (Å²) in [7, 11) is 0. The summed E-state index contributed by atoms with van der Waals surface area (Å²) in [6, 6.07) is 6.28. The van der Waals surface area contributed by atoms with Crippen LogP contribution < -0.4 is 0 Å². The van der Waals surface area contributed by atoms with Crippen LogP contribution in [0.15, 0.2) is 36.9 Å². The molecule has 0 N–H and O–H groups in total. The van der Waals surface area contributed by atoms with E-state index >= 15 is 0 Å². The number of hydrogen-bond acceptors (Lipinski definition) is 3. The van der Waals surface area contributed by atoms with Crippen LogP contribution in [-0.2, 0) is 0 Å². The number of nitrogens with zero attached hydrogens (tertiary/aromatic N) is 2. The Kier molecular flexibility index (Phi) is 4.50. The van der Waals surface area contributed by atoms with Gasteiger partial charge in [-0.15, -0.1) is 6.58 Å². The molecule has 1 amide bonds. The number of amides is 1. The number of nitro groups is 1. The van der Waals surface area contributed by atoms with Crippen LogP contribution in [0.25, 0.3) is 0 Å². The van der Waals surface area contributed by atoms with E-state index in [1.54, 1.807) is 23.1 Å². The fourth-order valence-electron chi connectivity index (χ4n) is 2.72. The van der Waals surface area contributed by atoms with E-state index in [2.05, 4.69) is 6.58 Å². The first kappa shape index (κ1) is 14.2. The van der Waals surface area contributed by atoms with Gasteiger partial charge in [0.2, 0.25) is 0 Å². The summed E-state index contributed by atoms with van der Waals surface area (Å²) >= 11 is 0. The van der Waals surface area contributed by atoms with Crippen LogP contribution in [0.2, 0.25) is 0 Å². The molecule has 1 saturated carbocycles. The van der Waals surface area contributed by atoms with E-state index in [0.717, 1.165) is 25.7 Å². The van der Waals surface area contributed by atoms with Crippen molar-refractivity contribution in [3.63, 3.8) is 0 Å². The van der Waals surface area contributed by atoms with Gasteiger partial charge in [0.1, 0.15) is 5.56 Å². The highest BCUT2D eigenvalue weighted by molar-refractivity contribution is 5.98. The van der Waals surface area contributed by atoms with Crippen molar-refractivity contribution in [3.8, 4) is 0 Å². The molecule has 0 unspecified atom stereocenters. The summed E-state index contributed by atoms with van der Waals surface area (Å²) in [4.78, 5) is 24.9. The summed E-state index contributed by atoms with van der Waals surface area (Å²) in [6.45, 7) is 4.10. The maximum Gasteiger partial charge on any atom is 0.282 e. The Balaban J connectivity index is 2.31. The van der Waals surface area contributed by atoms with Gasteiger partial charge in [-0.2, -0.15) is 0 Å². The minimum absolute atomic E-state index is 0.135. The van der Waals surface area contributed by atoms with Crippen molar-refractivity contribution in [2.24, 2.45) is 0 Å². The molecule has 0 atom stereocenters. The first-order valence-electron chi connectivity index (χ1n) is 6.80. The molecule has 0 saturated heterocycles. The van der Waals surface area contributed by atoms with Crippen LogP contribution in [0.5, 0.6) is 0 Å². The minimum Gasteiger partial charge on any atom is -0.332 e. The lowest BCUT2D eigenvalue weighted by Crippen LogP contribution is -2.39. The summed E-state index contributed by atoms with van der Waals surface area (Å²) in [5, 5.41) is 11.0. The van der Waals surface area contributed by atoms with Gasteiger partial charge in [-0.3, -0.25) is 14.9 Å². The number of hydrogen-bond donors (Lipinski definition) is 0. The average Bonchev–Trinajstić information content (AvgIpc) is 2.98. The molecule has 1 fully saturated rings. The van der Waals surface area contributed by atoms with E-state index in [4.69, 9.17) is 0 Å². The predicted molar refractivity (Wildman–Crippen MR) is 76.6 cm³/mol. The van der Waals surface area contributed by atoms with Crippen LogP contribution in [0.3, 0.4) is 0 Å². The second kappa shape index (κ2) is 6.32. The zero-order valence-electron chi connectivity index (χ0n) is 11.3. The molecule has 106 valence electrons. The standard InChI is InChI=1S/C15H18N2O3/c1-2-11-16(12-7-3-4-8-12)15(18)13-9-5-6-10-14(13)17(19)20/h2,5-6,9-10,12H,1,3-4,7-8,11H2. The number of rotatable bonds is 5. The largest absolute Gasteiger partial charge is 0.332 e. The second-order valence-corrected chi connectivity index (χ2v) is 4.96. The van der Waals surface area contributed by atoms with E-state index in [0.29, 0.717) is 6.54 Å². The maximum absolute atomic E-state index is 12.6. The fourth-order valence-corrected chi connectivity index (χ4v) is 2.72. The van der Waals surface area contributed by atoms with Crippen molar-refractivity contribution >= 4 is 11.6 Å². The number of nitro benzene ring substituents is 1. The second-order valence-electron chi connectivity index (χ2n) is 4.96. The Morgan fingerprint density at radius 2 is 2.05 bits per heavy atom. The minimum atomic E-state index is -0.506. The molecular formula is C15H18N2O3. The smallest absolute Gasteiger partial charge is 0.282 e. The van der Waals surface area contributed by atoms with Gasteiger partial charge in [-0.25, -0.2) is 0 Å². The van der Waals surface area contributed by atoms with Gasteiger partial charge in [0, 0.05) is 18.7 Å². The first-order chi connectivity index (χ1) is 9.65. The third-order valence-corrected chi connectivity index (χ3v) is 3.68. The maximum atomic E-state index is 12.6. The molecule has 5 heteroatoms. The van der Waals surface area contributed by atoms with Crippen molar-refractivity contribution < 1.29 is 9.72 Å². The van der Waals surface area contributed by atoms with Crippen LogP contribution in [0, 0.1) is 10.1 Å². The van der Waals surface area contributed by atoms with Gasteiger partial charge >= 0.3 is 0 Å². The normalized spacial score (nSPS) is 15.0. The summed E-state index contributed by atoms with van der Waals surface area (Å²) in [5.74, 6) is -0.274. The molecule has 2 rings (SSSR count). The highest BCUT2D eigenvalue weighted by Gasteiger charge is 2.30. The summed E-state index contributed by atoms with van der Waals surface area (Å²) < 4.78 is 0. The van der Waals surface area contributed by atoms with Gasteiger partial charge in [0.05, 0.1) is 4.92 Å². The number of carbonyl (C=O) groups is 1. The molecule has 0 aliphatic heterocycles. The third kappa shape index (κ3) is 2.87. The Morgan fingerprint density at radius 1 is 1.40 bits per heavy atom. The Hall–Kier alpha value is -2.17. The van der Waals surface area contributed by atoms with Crippen molar-refractivity contribution in [3.05, 3.63) is 52.6 Å². The molecule has 5 nitrogen and oxygen atoms in total. The van der Waals surface area contributed by atoms with Crippen LogP contribution in [0.4, 0.5) is 5.69 Å². The number of carbonyl (C=O) groups excluding carboxylic acids is 1. The van der Waals surface area contributed by atoms with Crippen LogP contribution in [0.1, 0.15) is 36.0 Å². The lowest BCUT2D eigenvalue weighted by Gasteiger charge is -2.27. The molecule has 1 aromatic carbocycles. The SMILES string of the molecule is C=CCN(C(=O)c1ccccc1[N+](=O)[O-])C1CCCC1. The highest BCUT2D eigenvalue weighted by atomic mass is 16.6. The highest BCUT2D eigenvalue weighted by Crippen LogP contribution is 2.27. The van der Waals surface area contributed by atoms with Gasteiger partial charge in [0.15, 0.2) is 0 Å². The van der Waals surface area contributed by atoms with Gasteiger partial charge < -0.3 is 4.90 Å². The monoisotopic (exact) mass is 274 g/mol. The zero-order chi connectivity index (χ0) is 14.5. The van der Waals surface area contributed by atoms with E-state index in [1.807, 2.05) is 0 Å². The lowest BCUT2D eigenvalue weighted by atomic mass is 10.1. The van der Waals surface area contributed by atoms with E-state index in [1.165, 1.54) is 12.1 Å². The first-order valence-corrected chi connectivity index (χ1v) is 6.80. The van der Waals surface area contributed by atoms with Crippen molar-refractivity contribution in [1.29, 1.82) is 0 Å². The molecule has 0 radical (unpaired) electrons. The van der Waals surface area contributed by atoms with Gasteiger partial charge in [-0.05, 0) is 18.9 Å². The van der Waals surface area contributed by atoms with E-state index in [9.17, 15) is 14.9 Å². The molecular weight excluding hydrogens is 256 g/mol. The summed E-state index contributed by atoms with van der Waals surface area (Å²) in [5.41, 5.74) is 0.0239. The molecule has 1 aliphatic carbocycles. The van der Waals surface area contributed by atoms with Crippen molar-refractivity contribution in [2.75, 3.05) is 6.54 Å². The molecule has 1 aliphatic rings. The van der Waals surface area contributed by atoms with Gasteiger partial charge in [-0.1, -0.05) is 31.1 Å². The summed E-state index contributed by atoms with van der Waals surface area (Å²) in [6.07, 6.45) is 5.79. The van der Waals surface area contributed by atoms with Gasteiger partial charge in [0.25, 0.3) is 11.6 Å². The number of para-hydroxylation sites is 1. The third-order valence-electron chi connectivity index (χ3n) is 3.68. The fraction of sp³-hybridized carbons (Fsp3) is 0.400. The molecule has 0 aromatic heterocycles. The van der Waals surface area contributed by atoms with Crippen molar-refractivity contribution in [1.82, 2.24) is 4.90 Å². The molecule has 1 aromatic rings. The Morgan fingerprint density at radius 3 is 2.65 bits per heavy atom. The number of benzene rings is 1. The quantitative estimate of drug-likeness (QED) is 0.470. The predicted octanol–water partition coefficient (Wildman–Crippen LogP) is 3.17. The molecule has 20 heavy (non-hydrogen) atoms. The lowest BCUT2D eigenvalue weighted by molar-refractivity contribution is -0.385. The molecule has 0 bridgehead atoms. The molecule has 0 heterocycles.